The molecule has 1 heterocycles. The third kappa shape index (κ3) is 4.55. The molecule has 4 nitrogen and oxygen atoms in total. The van der Waals surface area contributed by atoms with Crippen LogP contribution in [-0.2, 0) is 25.4 Å². The lowest BCUT2D eigenvalue weighted by Gasteiger charge is -2.42. The quantitative estimate of drug-likeness (QED) is 0.783. The average molecular weight is 306 g/mol. The SMILES string of the molecule is COC(=O)[C@@H](C)[C@H]1C[C@@H](CCc2ccccc2)OC(C)(C)O1. The molecule has 0 aromatic heterocycles. The summed E-state index contributed by atoms with van der Waals surface area (Å²) in [6, 6.07) is 10.4. The van der Waals surface area contributed by atoms with Crippen LogP contribution in [0.2, 0.25) is 0 Å². The van der Waals surface area contributed by atoms with Crippen LogP contribution in [0.1, 0.15) is 39.2 Å². The number of hydrogen-bond acceptors (Lipinski definition) is 4. The van der Waals surface area contributed by atoms with Gasteiger partial charge in [-0.15, -0.1) is 0 Å². The van der Waals surface area contributed by atoms with Crippen LogP contribution in [0.15, 0.2) is 30.3 Å². The van der Waals surface area contributed by atoms with E-state index in [1.165, 1.54) is 12.7 Å². The summed E-state index contributed by atoms with van der Waals surface area (Å²) in [6.07, 6.45) is 2.51. The molecule has 0 bridgehead atoms. The number of benzene rings is 1. The maximum atomic E-state index is 11.8. The molecule has 0 amide bonds. The van der Waals surface area contributed by atoms with Gasteiger partial charge < -0.3 is 14.2 Å². The van der Waals surface area contributed by atoms with E-state index in [-0.39, 0.29) is 24.1 Å². The Hall–Kier alpha value is -1.39. The highest BCUT2D eigenvalue weighted by molar-refractivity contribution is 5.72. The van der Waals surface area contributed by atoms with Crippen molar-refractivity contribution in [3.8, 4) is 0 Å². The molecule has 22 heavy (non-hydrogen) atoms. The molecular weight excluding hydrogens is 280 g/mol. The van der Waals surface area contributed by atoms with Crippen molar-refractivity contribution in [2.45, 2.75) is 58.0 Å². The summed E-state index contributed by atoms with van der Waals surface area (Å²) < 4.78 is 16.8. The molecule has 3 atom stereocenters. The van der Waals surface area contributed by atoms with Gasteiger partial charge in [-0.05, 0) is 39.2 Å². The molecule has 1 fully saturated rings. The standard InChI is InChI=1S/C18H26O4/c1-13(17(19)20-4)16-12-15(21-18(2,3)22-16)11-10-14-8-6-5-7-9-14/h5-9,13,15-16H,10-12H2,1-4H3/t13-,15+,16+/m0/s1. The average Bonchev–Trinajstić information content (AvgIpc) is 2.51. The molecule has 1 aliphatic rings. The van der Waals surface area contributed by atoms with Gasteiger partial charge in [-0.2, -0.15) is 0 Å². The number of carbonyl (C=O) groups excluding carboxylic acids is 1. The van der Waals surface area contributed by atoms with Crippen molar-refractivity contribution in [2.75, 3.05) is 7.11 Å². The van der Waals surface area contributed by atoms with Crippen LogP contribution < -0.4 is 0 Å². The van der Waals surface area contributed by atoms with Gasteiger partial charge >= 0.3 is 5.97 Å². The van der Waals surface area contributed by atoms with Crippen LogP contribution in [0.25, 0.3) is 0 Å². The lowest BCUT2D eigenvalue weighted by Crippen LogP contribution is -2.48. The van der Waals surface area contributed by atoms with Crippen LogP contribution in [0, 0.1) is 5.92 Å². The highest BCUT2D eigenvalue weighted by Gasteiger charge is 2.39. The summed E-state index contributed by atoms with van der Waals surface area (Å²) in [5.74, 6) is -1.19. The van der Waals surface area contributed by atoms with Gasteiger partial charge in [-0.1, -0.05) is 30.3 Å². The minimum atomic E-state index is -0.674. The van der Waals surface area contributed by atoms with Crippen LogP contribution in [0.4, 0.5) is 0 Å². The second-order valence-corrected chi connectivity index (χ2v) is 6.37. The highest BCUT2D eigenvalue weighted by atomic mass is 16.7. The zero-order chi connectivity index (χ0) is 16.2. The Morgan fingerprint density at radius 1 is 1.32 bits per heavy atom. The Labute approximate surface area is 132 Å². The first-order chi connectivity index (χ1) is 10.4. The first kappa shape index (κ1) is 17.0. The fraction of sp³-hybridized carbons (Fsp3) is 0.611. The van der Waals surface area contributed by atoms with Gasteiger partial charge in [0.25, 0.3) is 0 Å². The second kappa shape index (κ2) is 7.25. The summed E-state index contributed by atoms with van der Waals surface area (Å²) >= 11 is 0. The largest absolute Gasteiger partial charge is 0.469 e. The smallest absolute Gasteiger partial charge is 0.311 e. The fourth-order valence-corrected chi connectivity index (χ4v) is 2.94. The third-order valence-corrected chi connectivity index (χ3v) is 4.11. The van der Waals surface area contributed by atoms with Crippen molar-refractivity contribution in [2.24, 2.45) is 5.92 Å². The summed E-state index contributed by atoms with van der Waals surface area (Å²) in [5.41, 5.74) is 1.30. The van der Waals surface area contributed by atoms with Gasteiger partial charge in [0.2, 0.25) is 0 Å². The predicted molar refractivity (Wildman–Crippen MR) is 84.4 cm³/mol. The van der Waals surface area contributed by atoms with Crippen LogP contribution >= 0.6 is 0 Å². The van der Waals surface area contributed by atoms with Gasteiger partial charge in [0.15, 0.2) is 5.79 Å². The zero-order valence-corrected chi connectivity index (χ0v) is 13.9. The lowest BCUT2D eigenvalue weighted by atomic mass is 9.94. The van der Waals surface area contributed by atoms with Crippen molar-refractivity contribution in [3.05, 3.63) is 35.9 Å². The number of aryl methyl sites for hydroxylation is 1. The van der Waals surface area contributed by atoms with Gasteiger partial charge in [0, 0.05) is 6.42 Å². The normalized spacial score (nSPS) is 25.5. The predicted octanol–water partition coefficient (Wildman–Crippen LogP) is 3.34. The first-order valence-corrected chi connectivity index (χ1v) is 7.88. The van der Waals surface area contributed by atoms with E-state index in [2.05, 4.69) is 12.1 Å². The fourth-order valence-electron chi connectivity index (χ4n) is 2.94. The van der Waals surface area contributed by atoms with Crippen LogP contribution in [0.3, 0.4) is 0 Å². The van der Waals surface area contributed by atoms with Crippen molar-refractivity contribution < 1.29 is 19.0 Å². The highest BCUT2D eigenvalue weighted by Crippen LogP contribution is 2.32. The Bertz CT molecular complexity index is 483. The van der Waals surface area contributed by atoms with Gasteiger partial charge in [-0.3, -0.25) is 4.79 Å². The topological polar surface area (TPSA) is 44.8 Å². The monoisotopic (exact) mass is 306 g/mol. The molecule has 0 N–H and O–H groups in total. The number of carbonyl (C=O) groups is 1. The van der Waals surface area contributed by atoms with E-state index in [1.54, 1.807) is 0 Å². The molecule has 4 heteroatoms. The Morgan fingerprint density at radius 3 is 2.64 bits per heavy atom. The van der Waals surface area contributed by atoms with Crippen molar-refractivity contribution in [3.63, 3.8) is 0 Å². The molecule has 1 aliphatic heterocycles. The van der Waals surface area contributed by atoms with Crippen molar-refractivity contribution in [1.29, 1.82) is 0 Å². The molecule has 1 aromatic carbocycles. The molecular formula is C18H26O4. The maximum absolute atomic E-state index is 11.8. The van der Waals surface area contributed by atoms with E-state index in [4.69, 9.17) is 14.2 Å². The number of methoxy groups -OCH3 is 1. The lowest BCUT2D eigenvalue weighted by molar-refractivity contribution is -0.306. The number of esters is 1. The Morgan fingerprint density at radius 2 is 2.00 bits per heavy atom. The van der Waals surface area contributed by atoms with E-state index in [0.717, 1.165) is 12.8 Å². The van der Waals surface area contributed by atoms with E-state index in [0.29, 0.717) is 6.42 Å². The van der Waals surface area contributed by atoms with E-state index in [1.807, 2.05) is 39.0 Å². The molecule has 122 valence electrons. The number of ether oxygens (including phenoxy) is 3. The van der Waals surface area contributed by atoms with Crippen LogP contribution in [-0.4, -0.2) is 31.1 Å². The molecule has 0 radical (unpaired) electrons. The summed E-state index contributed by atoms with van der Waals surface area (Å²) in [4.78, 5) is 11.8. The first-order valence-electron chi connectivity index (χ1n) is 7.88. The third-order valence-electron chi connectivity index (χ3n) is 4.11. The molecule has 1 aromatic rings. The minimum absolute atomic E-state index is 0.0843. The molecule has 0 saturated carbocycles. The van der Waals surface area contributed by atoms with E-state index < -0.39 is 5.79 Å². The molecule has 0 spiro atoms. The number of rotatable bonds is 5. The summed E-state index contributed by atoms with van der Waals surface area (Å²) in [6.45, 7) is 5.66. The van der Waals surface area contributed by atoms with Crippen molar-refractivity contribution >= 4 is 5.97 Å². The molecule has 2 rings (SSSR count). The van der Waals surface area contributed by atoms with E-state index in [9.17, 15) is 4.79 Å². The maximum Gasteiger partial charge on any atom is 0.311 e. The Balaban J connectivity index is 1.97. The summed E-state index contributed by atoms with van der Waals surface area (Å²) in [5, 5.41) is 0. The molecule has 1 saturated heterocycles. The van der Waals surface area contributed by atoms with Gasteiger partial charge in [-0.25, -0.2) is 0 Å². The van der Waals surface area contributed by atoms with Crippen LogP contribution in [0.5, 0.6) is 0 Å². The minimum Gasteiger partial charge on any atom is -0.469 e. The Kier molecular flexibility index (Phi) is 5.59. The number of hydrogen-bond donors (Lipinski definition) is 0. The molecule has 0 unspecified atom stereocenters. The summed E-state index contributed by atoms with van der Waals surface area (Å²) in [7, 11) is 1.41. The van der Waals surface area contributed by atoms with Gasteiger partial charge in [0.05, 0.1) is 25.2 Å². The second-order valence-electron chi connectivity index (χ2n) is 6.37. The van der Waals surface area contributed by atoms with Crippen molar-refractivity contribution in [1.82, 2.24) is 0 Å². The molecule has 0 aliphatic carbocycles. The van der Waals surface area contributed by atoms with E-state index >= 15 is 0 Å². The van der Waals surface area contributed by atoms with Gasteiger partial charge in [0.1, 0.15) is 0 Å². The zero-order valence-electron chi connectivity index (χ0n) is 13.9.